The minimum Gasteiger partial charge on any atom is -0.489 e. The second-order valence-electron chi connectivity index (χ2n) is 5.87. The number of hydrogen-bond donors (Lipinski definition) is 1. The standard InChI is InChI=1S/C21H18Cl3NO/c22-18-8-9-21(26-14-16-6-7-19(23)11-20(16)24)17(10-18)13-25-12-15-4-2-1-3-5-15/h1-11,25H,12-14H2. The van der Waals surface area contributed by atoms with Crippen molar-refractivity contribution in [3.63, 3.8) is 0 Å². The lowest BCUT2D eigenvalue weighted by Gasteiger charge is -2.14. The monoisotopic (exact) mass is 405 g/mol. The van der Waals surface area contributed by atoms with E-state index < -0.39 is 0 Å². The van der Waals surface area contributed by atoms with Crippen molar-refractivity contribution >= 4 is 34.8 Å². The zero-order chi connectivity index (χ0) is 18.4. The number of hydrogen-bond acceptors (Lipinski definition) is 2. The van der Waals surface area contributed by atoms with E-state index in [4.69, 9.17) is 39.5 Å². The van der Waals surface area contributed by atoms with Gasteiger partial charge >= 0.3 is 0 Å². The molecule has 134 valence electrons. The van der Waals surface area contributed by atoms with Crippen LogP contribution in [0.15, 0.2) is 66.7 Å². The SMILES string of the molecule is Clc1ccc(COc2ccc(Cl)cc2CNCc2ccccc2)c(Cl)c1. The zero-order valence-electron chi connectivity index (χ0n) is 14.0. The van der Waals surface area contributed by atoms with E-state index in [0.29, 0.717) is 28.2 Å². The van der Waals surface area contributed by atoms with Crippen LogP contribution in [0.1, 0.15) is 16.7 Å². The quantitative estimate of drug-likeness (QED) is 0.482. The zero-order valence-corrected chi connectivity index (χ0v) is 16.3. The summed E-state index contributed by atoms with van der Waals surface area (Å²) < 4.78 is 5.98. The lowest BCUT2D eigenvalue weighted by atomic mass is 10.1. The fourth-order valence-corrected chi connectivity index (χ4v) is 3.22. The first kappa shape index (κ1) is 19.1. The summed E-state index contributed by atoms with van der Waals surface area (Å²) >= 11 is 18.3. The minimum atomic E-state index is 0.364. The highest BCUT2D eigenvalue weighted by Gasteiger charge is 2.08. The Hall–Kier alpha value is -1.71. The summed E-state index contributed by atoms with van der Waals surface area (Å²) in [5.41, 5.74) is 3.11. The van der Waals surface area contributed by atoms with Gasteiger partial charge in [-0.1, -0.05) is 71.2 Å². The molecule has 0 bridgehead atoms. The van der Waals surface area contributed by atoms with E-state index in [1.54, 1.807) is 12.1 Å². The Bertz CT molecular complexity index is 868. The summed E-state index contributed by atoms with van der Waals surface area (Å²) in [6, 6.07) is 21.2. The lowest BCUT2D eigenvalue weighted by molar-refractivity contribution is 0.302. The summed E-state index contributed by atoms with van der Waals surface area (Å²) in [5.74, 6) is 0.779. The summed E-state index contributed by atoms with van der Waals surface area (Å²) in [4.78, 5) is 0. The van der Waals surface area contributed by atoms with Crippen LogP contribution in [0.4, 0.5) is 0 Å². The number of ether oxygens (including phenoxy) is 1. The van der Waals surface area contributed by atoms with E-state index in [2.05, 4.69) is 17.4 Å². The molecule has 0 atom stereocenters. The minimum absolute atomic E-state index is 0.364. The first-order valence-electron chi connectivity index (χ1n) is 8.21. The molecule has 3 rings (SSSR count). The van der Waals surface area contributed by atoms with Crippen LogP contribution in [0.3, 0.4) is 0 Å². The second kappa shape index (κ2) is 9.29. The van der Waals surface area contributed by atoms with Crippen LogP contribution in [0.5, 0.6) is 5.75 Å². The molecule has 0 aromatic heterocycles. The Morgan fingerprint density at radius 1 is 0.731 bits per heavy atom. The fraction of sp³-hybridized carbons (Fsp3) is 0.143. The molecule has 0 fully saturated rings. The number of benzene rings is 3. The van der Waals surface area contributed by atoms with Gasteiger partial charge in [0.2, 0.25) is 0 Å². The Morgan fingerprint density at radius 3 is 2.23 bits per heavy atom. The van der Waals surface area contributed by atoms with Crippen LogP contribution in [0, 0.1) is 0 Å². The van der Waals surface area contributed by atoms with E-state index in [1.165, 1.54) is 5.56 Å². The maximum Gasteiger partial charge on any atom is 0.124 e. The molecule has 0 saturated heterocycles. The summed E-state index contributed by atoms with van der Waals surface area (Å²) in [5, 5.41) is 5.30. The molecule has 0 aliphatic heterocycles. The van der Waals surface area contributed by atoms with Gasteiger partial charge in [0.05, 0.1) is 0 Å². The first-order valence-corrected chi connectivity index (χ1v) is 9.35. The second-order valence-corrected chi connectivity index (χ2v) is 7.15. The van der Waals surface area contributed by atoms with Crippen molar-refractivity contribution in [1.82, 2.24) is 5.32 Å². The van der Waals surface area contributed by atoms with Gasteiger partial charge in [0, 0.05) is 39.3 Å². The molecule has 3 aromatic carbocycles. The van der Waals surface area contributed by atoms with Crippen LogP contribution in [-0.4, -0.2) is 0 Å². The van der Waals surface area contributed by atoms with Crippen LogP contribution in [-0.2, 0) is 19.7 Å². The van der Waals surface area contributed by atoms with E-state index in [1.807, 2.05) is 42.5 Å². The predicted molar refractivity (Wildman–Crippen MR) is 109 cm³/mol. The third-order valence-electron chi connectivity index (χ3n) is 3.91. The normalized spacial score (nSPS) is 10.7. The van der Waals surface area contributed by atoms with Crippen molar-refractivity contribution in [2.24, 2.45) is 0 Å². The molecule has 0 amide bonds. The van der Waals surface area contributed by atoms with E-state index in [-0.39, 0.29) is 0 Å². The van der Waals surface area contributed by atoms with Crippen LogP contribution < -0.4 is 10.1 Å². The highest BCUT2D eigenvalue weighted by atomic mass is 35.5. The lowest BCUT2D eigenvalue weighted by Crippen LogP contribution is -2.13. The van der Waals surface area contributed by atoms with Crippen LogP contribution >= 0.6 is 34.8 Å². The molecule has 0 spiro atoms. The number of rotatable bonds is 7. The molecule has 0 unspecified atom stereocenters. The summed E-state index contributed by atoms with van der Waals surface area (Å²) in [6.45, 7) is 1.79. The smallest absolute Gasteiger partial charge is 0.124 e. The van der Waals surface area contributed by atoms with Crippen LogP contribution in [0.2, 0.25) is 15.1 Å². The average Bonchev–Trinajstić information content (AvgIpc) is 2.63. The molecule has 5 heteroatoms. The van der Waals surface area contributed by atoms with Gasteiger partial charge in [-0.25, -0.2) is 0 Å². The Labute approximate surface area is 168 Å². The van der Waals surface area contributed by atoms with Gasteiger partial charge in [-0.15, -0.1) is 0 Å². The van der Waals surface area contributed by atoms with Crippen molar-refractivity contribution in [3.8, 4) is 5.75 Å². The molecule has 0 heterocycles. The molecule has 3 aromatic rings. The van der Waals surface area contributed by atoms with Crippen molar-refractivity contribution in [1.29, 1.82) is 0 Å². The van der Waals surface area contributed by atoms with Gasteiger partial charge < -0.3 is 10.1 Å². The Balaban J connectivity index is 1.65. The highest BCUT2D eigenvalue weighted by Crippen LogP contribution is 2.26. The molecule has 26 heavy (non-hydrogen) atoms. The summed E-state index contributed by atoms with van der Waals surface area (Å²) in [7, 11) is 0. The largest absolute Gasteiger partial charge is 0.489 e. The fourth-order valence-electron chi connectivity index (χ4n) is 2.56. The average molecular weight is 407 g/mol. The molecular weight excluding hydrogens is 389 g/mol. The van der Waals surface area contributed by atoms with Gasteiger partial charge in [-0.3, -0.25) is 0 Å². The Kier molecular flexibility index (Phi) is 6.81. The molecule has 1 N–H and O–H groups in total. The maximum absolute atomic E-state index is 6.21. The van der Waals surface area contributed by atoms with Crippen molar-refractivity contribution in [3.05, 3.63) is 98.5 Å². The highest BCUT2D eigenvalue weighted by molar-refractivity contribution is 6.35. The van der Waals surface area contributed by atoms with E-state index in [0.717, 1.165) is 23.4 Å². The number of halogens is 3. The topological polar surface area (TPSA) is 21.3 Å². The predicted octanol–water partition coefficient (Wildman–Crippen LogP) is 6.52. The van der Waals surface area contributed by atoms with Gasteiger partial charge in [0.1, 0.15) is 12.4 Å². The van der Waals surface area contributed by atoms with E-state index in [9.17, 15) is 0 Å². The van der Waals surface area contributed by atoms with Crippen molar-refractivity contribution in [2.45, 2.75) is 19.7 Å². The van der Waals surface area contributed by atoms with Crippen molar-refractivity contribution in [2.75, 3.05) is 0 Å². The molecule has 0 aliphatic carbocycles. The van der Waals surface area contributed by atoms with Gasteiger partial charge in [0.25, 0.3) is 0 Å². The molecule has 2 nitrogen and oxygen atoms in total. The maximum atomic E-state index is 6.21. The van der Waals surface area contributed by atoms with Crippen molar-refractivity contribution < 1.29 is 4.74 Å². The van der Waals surface area contributed by atoms with Crippen LogP contribution in [0.25, 0.3) is 0 Å². The molecule has 0 aliphatic rings. The molecule has 0 saturated carbocycles. The van der Waals surface area contributed by atoms with Gasteiger partial charge in [0.15, 0.2) is 0 Å². The third kappa shape index (κ3) is 5.39. The van der Waals surface area contributed by atoms with Gasteiger partial charge in [-0.05, 0) is 35.9 Å². The Morgan fingerprint density at radius 2 is 1.46 bits per heavy atom. The summed E-state index contributed by atoms with van der Waals surface area (Å²) in [6.07, 6.45) is 0. The van der Waals surface area contributed by atoms with Gasteiger partial charge in [-0.2, -0.15) is 0 Å². The first-order chi connectivity index (χ1) is 12.6. The van der Waals surface area contributed by atoms with E-state index >= 15 is 0 Å². The molecule has 0 radical (unpaired) electrons. The molecular formula is C21H18Cl3NO. The third-order valence-corrected chi connectivity index (χ3v) is 4.73. The number of nitrogens with one attached hydrogen (secondary N) is 1.